The van der Waals surface area contributed by atoms with Crippen LogP contribution < -0.4 is 4.68 Å². The van der Waals surface area contributed by atoms with Crippen LogP contribution in [0.5, 0.6) is 0 Å². The summed E-state index contributed by atoms with van der Waals surface area (Å²) in [5.41, 5.74) is 4.66. The number of rotatable bonds is 3. The van der Waals surface area contributed by atoms with Crippen LogP contribution in [0, 0.1) is 4.91 Å². The number of ether oxygens (including phenoxy) is 1. The maximum absolute atomic E-state index is 13.3. The Morgan fingerprint density at radius 3 is 2.69 bits per heavy atom. The van der Waals surface area contributed by atoms with E-state index in [-0.39, 0.29) is 5.91 Å². The van der Waals surface area contributed by atoms with E-state index >= 15 is 0 Å². The van der Waals surface area contributed by atoms with E-state index in [0.29, 0.717) is 43.4 Å². The maximum Gasteiger partial charge on any atom is 0.276 e. The zero-order valence-electron chi connectivity index (χ0n) is 15.6. The van der Waals surface area contributed by atoms with Crippen LogP contribution in [0.25, 0.3) is 16.9 Å². The molecule has 2 aliphatic rings. The van der Waals surface area contributed by atoms with E-state index in [1.54, 1.807) is 23.9 Å². The number of carbonyl (C=O) groups is 1. The zero-order chi connectivity index (χ0) is 19.8. The van der Waals surface area contributed by atoms with Crippen molar-refractivity contribution in [3.8, 4) is 16.9 Å². The third-order valence-corrected chi connectivity index (χ3v) is 6.36. The molecule has 0 saturated carbocycles. The highest BCUT2D eigenvalue weighted by Gasteiger charge is 2.37. The van der Waals surface area contributed by atoms with Crippen LogP contribution in [0.2, 0.25) is 0 Å². The van der Waals surface area contributed by atoms with Crippen LogP contribution in [0.3, 0.4) is 0 Å². The van der Waals surface area contributed by atoms with E-state index in [4.69, 9.17) is 4.74 Å². The van der Waals surface area contributed by atoms with Gasteiger partial charge >= 0.3 is 0 Å². The average Bonchev–Trinajstić information content (AvgIpc) is 3.19. The van der Waals surface area contributed by atoms with Gasteiger partial charge in [-0.3, -0.25) is 4.79 Å². The van der Waals surface area contributed by atoms with E-state index in [9.17, 15) is 9.70 Å². The second-order valence-electron chi connectivity index (χ2n) is 6.95. The highest BCUT2D eigenvalue weighted by atomic mass is 32.2. The molecule has 146 valence electrons. The molecule has 5 rings (SSSR count). The zero-order valence-corrected chi connectivity index (χ0v) is 16.4. The molecule has 0 radical (unpaired) electrons. The first-order valence-electron chi connectivity index (χ1n) is 9.46. The minimum atomic E-state index is -0.0204. The van der Waals surface area contributed by atoms with E-state index in [1.165, 1.54) is 0 Å². The van der Waals surface area contributed by atoms with Gasteiger partial charge in [0, 0.05) is 35.9 Å². The summed E-state index contributed by atoms with van der Waals surface area (Å²) in [5.74, 6) is 0.658. The highest BCUT2D eigenvalue weighted by Crippen LogP contribution is 2.43. The molecule has 29 heavy (non-hydrogen) atoms. The molecule has 1 N–H and O–H groups in total. The third kappa shape index (κ3) is 3.14. The van der Waals surface area contributed by atoms with Crippen molar-refractivity contribution >= 4 is 23.4 Å². The first-order valence-corrected chi connectivity index (χ1v) is 10.4. The minimum absolute atomic E-state index is 0.0204. The van der Waals surface area contributed by atoms with Crippen molar-refractivity contribution in [3.63, 3.8) is 0 Å². The Kier molecular flexibility index (Phi) is 4.65. The number of benzene rings is 2. The number of H-pyrrole nitrogens is 1. The molecular weight excluding hydrogens is 388 g/mol. The number of para-hydroxylation sites is 1. The molecule has 2 aromatic carbocycles. The fourth-order valence-corrected chi connectivity index (χ4v) is 4.88. The molecule has 0 spiro atoms. The molecule has 8 heteroatoms. The number of morpholine rings is 1. The van der Waals surface area contributed by atoms with Crippen LogP contribution >= 0.6 is 11.8 Å². The highest BCUT2D eigenvalue weighted by molar-refractivity contribution is 7.98. The van der Waals surface area contributed by atoms with Gasteiger partial charge in [-0.15, -0.1) is 16.7 Å². The first kappa shape index (κ1) is 18.1. The summed E-state index contributed by atoms with van der Waals surface area (Å²) >= 11 is 1.66. The molecular formula is C21H19N4O3S+. The Bertz CT molecular complexity index is 1090. The van der Waals surface area contributed by atoms with Gasteiger partial charge in [-0.1, -0.05) is 22.9 Å². The van der Waals surface area contributed by atoms with Gasteiger partial charge in [0.25, 0.3) is 11.6 Å². The predicted octanol–water partition coefficient (Wildman–Crippen LogP) is 3.43. The molecule has 3 aromatic rings. The fourth-order valence-electron chi connectivity index (χ4n) is 3.82. The average molecular weight is 407 g/mol. The van der Waals surface area contributed by atoms with Gasteiger partial charge in [-0.25, -0.2) is 0 Å². The molecule has 0 unspecified atom stereocenters. The predicted molar refractivity (Wildman–Crippen MR) is 109 cm³/mol. The normalized spacial score (nSPS) is 15.5. The Morgan fingerprint density at radius 1 is 1.14 bits per heavy atom. The van der Waals surface area contributed by atoms with Crippen LogP contribution in [0.1, 0.15) is 16.1 Å². The Balaban J connectivity index is 1.70. The molecule has 0 bridgehead atoms. The van der Waals surface area contributed by atoms with E-state index in [0.717, 1.165) is 27.4 Å². The van der Waals surface area contributed by atoms with Crippen molar-refractivity contribution in [2.24, 2.45) is 5.18 Å². The molecule has 0 aliphatic carbocycles. The number of nitrogens with one attached hydrogen (secondary N) is 1. The van der Waals surface area contributed by atoms with Gasteiger partial charge in [0.05, 0.1) is 24.3 Å². The minimum Gasteiger partial charge on any atom is -0.378 e. The van der Waals surface area contributed by atoms with Gasteiger partial charge in [-0.05, 0) is 23.4 Å². The van der Waals surface area contributed by atoms with Crippen LogP contribution in [-0.2, 0) is 10.5 Å². The number of hydrogen-bond acceptors (Lipinski definition) is 5. The van der Waals surface area contributed by atoms with Crippen LogP contribution in [0.4, 0.5) is 5.69 Å². The monoisotopic (exact) mass is 407 g/mol. The quantitative estimate of drug-likeness (QED) is 0.533. The van der Waals surface area contributed by atoms with Crippen molar-refractivity contribution in [2.75, 3.05) is 26.3 Å². The summed E-state index contributed by atoms with van der Waals surface area (Å²) in [4.78, 5) is 27.3. The largest absolute Gasteiger partial charge is 0.378 e. The van der Waals surface area contributed by atoms with Gasteiger partial charge in [-0.2, -0.15) is 5.10 Å². The summed E-state index contributed by atoms with van der Waals surface area (Å²) in [6.07, 6.45) is 0. The molecule has 7 nitrogen and oxygen atoms in total. The summed E-state index contributed by atoms with van der Waals surface area (Å²) in [7, 11) is 0. The van der Waals surface area contributed by atoms with Gasteiger partial charge in [0.15, 0.2) is 5.69 Å². The number of nitroso groups, excluding NO2 is 1. The fraction of sp³-hybridized carbons (Fsp3) is 0.238. The van der Waals surface area contributed by atoms with Crippen molar-refractivity contribution in [1.82, 2.24) is 10.00 Å². The standard InChI is InChI=1S/C21H18N4O3S/c26-21(24-8-10-28-11-9-24)19-17-13-29-18-7-6-14(23-27)12-16(18)20(17)25(22-19)15-4-2-1-3-5-15/h1-7,12H,8-11,13H2/p+1. The van der Waals surface area contributed by atoms with Crippen molar-refractivity contribution in [3.05, 3.63) is 64.7 Å². The number of hydrogen-bond donors (Lipinski definition) is 1. The molecule has 2 aliphatic heterocycles. The number of fused-ring (bicyclic) bond motifs is 3. The summed E-state index contributed by atoms with van der Waals surface area (Å²) in [6.45, 7) is 2.28. The second-order valence-corrected chi connectivity index (χ2v) is 7.97. The van der Waals surface area contributed by atoms with Crippen LogP contribution in [0.15, 0.2) is 58.6 Å². The number of aromatic nitrogens is 2. The second kappa shape index (κ2) is 7.46. The number of aromatic amines is 1. The lowest BCUT2D eigenvalue weighted by Crippen LogP contribution is -2.42. The topological polar surface area (TPSA) is 78.6 Å². The Morgan fingerprint density at radius 2 is 1.93 bits per heavy atom. The maximum atomic E-state index is 13.3. The van der Waals surface area contributed by atoms with Gasteiger partial charge in [0.1, 0.15) is 5.69 Å². The van der Waals surface area contributed by atoms with Gasteiger partial charge < -0.3 is 9.64 Å². The molecule has 1 amide bonds. The lowest BCUT2D eigenvalue weighted by atomic mass is 10.0. The summed E-state index contributed by atoms with van der Waals surface area (Å²) in [5, 5.41) is 6.45. The Hall–Kier alpha value is -2.97. The van der Waals surface area contributed by atoms with Crippen molar-refractivity contribution in [2.45, 2.75) is 10.6 Å². The van der Waals surface area contributed by atoms with E-state index < -0.39 is 0 Å². The molecule has 1 aromatic heterocycles. The lowest BCUT2D eigenvalue weighted by molar-refractivity contribution is -0.644. The molecule has 1 saturated heterocycles. The number of amides is 1. The SMILES string of the molecule is O=Nc1ccc2c(c1)-c1c(c(C(=O)N3CCOCC3)[nH][n+]1-c1ccccc1)CS2. The first-order chi connectivity index (χ1) is 14.3. The van der Waals surface area contributed by atoms with Crippen molar-refractivity contribution in [1.29, 1.82) is 0 Å². The smallest absolute Gasteiger partial charge is 0.276 e. The van der Waals surface area contributed by atoms with Crippen molar-refractivity contribution < 1.29 is 14.2 Å². The van der Waals surface area contributed by atoms with E-state index in [2.05, 4.69) is 10.3 Å². The molecule has 1 fully saturated rings. The lowest BCUT2D eigenvalue weighted by Gasteiger charge is -2.26. The number of nitrogens with zero attached hydrogens (tertiary/aromatic N) is 3. The van der Waals surface area contributed by atoms with Crippen LogP contribution in [-0.4, -0.2) is 42.2 Å². The third-order valence-electron chi connectivity index (χ3n) is 5.26. The molecule has 0 atom stereocenters. The molecule has 3 heterocycles. The van der Waals surface area contributed by atoms with E-state index in [1.807, 2.05) is 46.0 Å². The van der Waals surface area contributed by atoms with Gasteiger partial charge in [0.2, 0.25) is 5.69 Å². The Labute approximate surface area is 171 Å². The number of carbonyl (C=O) groups excluding carboxylic acids is 1. The summed E-state index contributed by atoms with van der Waals surface area (Å²) < 4.78 is 7.33. The summed E-state index contributed by atoms with van der Waals surface area (Å²) in [6, 6.07) is 15.3. The number of thioether (sulfide) groups is 1.